The number of rotatable bonds is 4. The molecule has 0 aromatic heterocycles. The number of halogens is 1. The lowest BCUT2D eigenvalue weighted by molar-refractivity contribution is 0.731. The van der Waals surface area contributed by atoms with Crippen molar-refractivity contribution in [2.45, 2.75) is 6.42 Å². The molecule has 0 radical (unpaired) electrons. The summed E-state index contributed by atoms with van der Waals surface area (Å²) in [6.45, 7) is 3.89. The molecule has 0 aliphatic rings. The van der Waals surface area contributed by atoms with E-state index in [0.717, 1.165) is 16.7 Å². The van der Waals surface area contributed by atoms with Crippen LogP contribution in [0.1, 0.15) is 5.56 Å². The molecule has 2 heteroatoms. The van der Waals surface area contributed by atoms with Crippen molar-refractivity contribution < 1.29 is 0 Å². The average Bonchev–Trinajstić information content (AvgIpc) is 2.15. The van der Waals surface area contributed by atoms with Crippen LogP contribution in [0.4, 0.5) is 0 Å². The highest BCUT2D eigenvalue weighted by atomic mass is 79.9. The van der Waals surface area contributed by atoms with Crippen LogP contribution in [0.15, 0.2) is 41.4 Å². The summed E-state index contributed by atoms with van der Waals surface area (Å²) in [6.07, 6.45) is 1.01. The molecule has 0 bridgehead atoms. The number of hydrogen-bond donors (Lipinski definition) is 1. The summed E-state index contributed by atoms with van der Waals surface area (Å²) in [5.41, 5.74) is 1.34. The van der Waals surface area contributed by atoms with Gasteiger partial charge in [-0.15, -0.1) is 0 Å². The second-order valence-electron chi connectivity index (χ2n) is 3.02. The van der Waals surface area contributed by atoms with Crippen molar-refractivity contribution in [1.82, 2.24) is 0 Å². The number of hydrogen-bond acceptors (Lipinski definition) is 1. The van der Waals surface area contributed by atoms with Crippen molar-refractivity contribution in [2.75, 3.05) is 5.75 Å². The molecule has 0 aliphatic heterocycles. The van der Waals surface area contributed by atoms with Crippen LogP contribution in [0, 0.1) is 5.92 Å². The van der Waals surface area contributed by atoms with E-state index in [2.05, 4.69) is 59.4 Å². The van der Waals surface area contributed by atoms with Crippen molar-refractivity contribution in [3.05, 3.63) is 47.0 Å². The fraction of sp³-hybridized carbons (Fsp3) is 0.273. The molecule has 0 saturated heterocycles. The van der Waals surface area contributed by atoms with Gasteiger partial charge in [0.15, 0.2) is 0 Å². The third kappa shape index (κ3) is 3.57. The molecule has 0 aliphatic carbocycles. The standard InChI is InChI=1S/C11H13BrS/c1-9(12)11(8-13)7-10-5-3-2-4-6-10/h2-6,11,13H,1,7-8H2. The van der Waals surface area contributed by atoms with Gasteiger partial charge in [-0.3, -0.25) is 0 Å². The summed E-state index contributed by atoms with van der Waals surface area (Å²) < 4.78 is 1.03. The summed E-state index contributed by atoms with van der Waals surface area (Å²) in [6, 6.07) is 10.4. The first-order valence-corrected chi connectivity index (χ1v) is 5.65. The van der Waals surface area contributed by atoms with E-state index < -0.39 is 0 Å². The van der Waals surface area contributed by atoms with E-state index in [-0.39, 0.29) is 0 Å². The van der Waals surface area contributed by atoms with E-state index in [0.29, 0.717) is 5.92 Å². The van der Waals surface area contributed by atoms with Crippen LogP contribution in [0.25, 0.3) is 0 Å². The van der Waals surface area contributed by atoms with Gasteiger partial charge in [0.25, 0.3) is 0 Å². The Kier molecular flexibility index (Phi) is 4.60. The van der Waals surface area contributed by atoms with E-state index in [1.807, 2.05) is 6.07 Å². The average molecular weight is 257 g/mol. The minimum absolute atomic E-state index is 0.422. The van der Waals surface area contributed by atoms with Crippen molar-refractivity contribution in [3.8, 4) is 0 Å². The third-order valence-electron chi connectivity index (χ3n) is 1.99. The Morgan fingerprint density at radius 3 is 2.46 bits per heavy atom. The van der Waals surface area contributed by atoms with Crippen LogP contribution in [0.2, 0.25) is 0 Å². The molecule has 1 rings (SSSR count). The molecule has 0 heterocycles. The maximum Gasteiger partial charge on any atom is 0.00272 e. The predicted molar refractivity (Wildman–Crippen MR) is 65.6 cm³/mol. The topological polar surface area (TPSA) is 0 Å². The molecule has 70 valence electrons. The summed E-state index contributed by atoms with van der Waals surface area (Å²) in [4.78, 5) is 0. The zero-order valence-corrected chi connectivity index (χ0v) is 9.89. The van der Waals surface area contributed by atoms with E-state index in [9.17, 15) is 0 Å². The van der Waals surface area contributed by atoms with Crippen molar-refractivity contribution in [1.29, 1.82) is 0 Å². The van der Waals surface area contributed by atoms with Gasteiger partial charge in [0, 0.05) is 5.92 Å². The van der Waals surface area contributed by atoms with Gasteiger partial charge in [0.05, 0.1) is 0 Å². The minimum Gasteiger partial charge on any atom is -0.179 e. The zero-order valence-electron chi connectivity index (χ0n) is 7.41. The molecule has 1 aromatic carbocycles. The van der Waals surface area contributed by atoms with Crippen molar-refractivity contribution >= 4 is 28.6 Å². The fourth-order valence-electron chi connectivity index (χ4n) is 1.17. The molecule has 0 amide bonds. The van der Waals surface area contributed by atoms with Gasteiger partial charge in [-0.2, -0.15) is 12.6 Å². The highest BCUT2D eigenvalue weighted by Gasteiger charge is 2.08. The molecule has 0 N–H and O–H groups in total. The Labute approximate surface area is 93.6 Å². The number of allylic oxidation sites excluding steroid dienone is 1. The number of thiol groups is 1. The molecule has 1 atom stereocenters. The molecule has 1 aromatic rings. The van der Waals surface area contributed by atoms with Gasteiger partial charge in [0.1, 0.15) is 0 Å². The highest BCUT2D eigenvalue weighted by Crippen LogP contribution is 2.21. The van der Waals surface area contributed by atoms with E-state index in [1.165, 1.54) is 5.56 Å². The SMILES string of the molecule is C=C(Br)C(CS)Cc1ccccc1. The van der Waals surface area contributed by atoms with Gasteiger partial charge >= 0.3 is 0 Å². The maximum absolute atomic E-state index is 4.29. The lowest BCUT2D eigenvalue weighted by atomic mass is 10.0. The fourth-order valence-corrected chi connectivity index (χ4v) is 2.10. The van der Waals surface area contributed by atoms with Crippen LogP contribution < -0.4 is 0 Å². The van der Waals surface area contributed by atoms with Crippen molar-refractivity contribution in [3.63, 3.8) is 0 Å². The minimum atomic E-state index is 0.422. The molecule has 0 saturated carbocycles. The molecule has 0 fully saturated rings. The first-order valence-electron chi connectivity index (χ1n) is 4.23. The van der Waals surface area contributed by atoms with E-state index in [1.54, 1.807) is 0 Å². The molecule has 0 nitrogen and oxygen atoms in total. The van der Waals surface area contributed by atoms with Crippen molar-refractivity contribution in [2.24, 2.45) is 5.92 Å². The van der Waals surface area contributed by atoms with Crippen LogP contribution in [0.3, 0.4) is 0 Å². The molecular formula is C11H13BrS. The summed E-state index contributed by atoms with van der Waals surface area (Å²) in [7, 11) is 0. The van der Waals surface area contributed by atoms with Gasteiger partial charge in [-0.25, -0.2) is 0 Å². The first kappa shape index (κ1) is 10.9. The Morgan fingerprint density at radius 1 is 1.38 bits per heavy atom. The summed E-state index contributed by atoms with van der Waals surface area (Å²) in [5, 5.41) is 0. The smallest absolute Gasteiger partial charge is 0.00272 e. The quantitative estimate of drug-likeness (QED) is 0.781. The van der Waals surface area contributed by atoms with E-state index in [4.69, 9.17) is 0 Å². The lowest BCUT2D eigenvalue weighted by Crippen LogP contribution is -2.05. The summed E-state index contributed by atoms with van der Waals surface area (Å²) in [5.74, 6) is 1.25. The van der Waals surface area contributed by atoms with Gasteiger partial charge in [-0.05, 0) is 22.2 Å². The molecule has 13 heavy (non-hydrogen) atoms. The van der Waals surface area contributed by atoms with Crippen LogP contribution in [-0.2, 0) is 6.42 Å². The Morgan fingerprint density at radius 2 is 2.00 bits per heavy atom. The largest absolute Gasteiger partial charge is 0.179 e. The molecular weight excluding hydrogens is 244 g/mol. The highest BCUT2D eigenvalue weighted by molar-refractivity contribution is 9.11. The van der Waals surface area contributed by atoms with Crippen LogP contribution in [0.5, 0.6) is 0 Å². The van der Waals surface area contributed by atoms with E-state index >= 15 is 0 Å². The normalized spacial score (nSPS) is 12.5. The lowest BCUT2D eigenvalue weighted by Gasteiger charge is -2.12. The van der Waals surface area contributed by atoms with Crippen LogP contribution >= 0.6 is 28.6 Å². The summed E-state index contributed by atoms with van der Waals surface area (Å²) >= 11 is 7.71. The Hall–Kier alpha value is -0.210. The number of benzene rings is 1. The third-order valence-corrected chi connectivity index (χ3v) is 3.08. The second kappa shape index (κ2) is 5.51. The monoisotopic (exact) mass is 256 g/mol. The second-order valence-corrected chi connectivity index (χ2v) is 4.40. The maximum atomic E-state index is 4.29. The van der Waals surface area contributed by atoms with Gasteiger partial charge in [-0.1, -0.05) is 52.8 Å². The predicted octanol–water partition coefficient (Wildman–Crippen LogP) is 3.68. The van der Waals surface area contributed by atoms with Gasteiger partial charge in [0.2, 0.25) is 0 Å². The molecule has 1 unspecified atom stereocenters. The molecule has 0 spiro atoms. The Bertz CT molecular complexity index is 269. The van der Waals surface area contributed by atoms with Gasteiger partial charge < -0.3 is 0 Å². The Balaban J connectivity index is 2.62. The van der Waals surface area contributed by atoms with Crippen LogP contribution in [-0.4, -0.2) is 5.75 Å². The first-order chi connectivity index (χ1) is 6.24. The zero-order chi connectivity index (χ0) is 9.68.